The molecule has 0 aliphatic carbocycles. The second-order valence-electron chi connectivity index (χ2n) is 3.16. The molecule has 1 aromatic rings. The van der Waals surface area contributed by atoms with E-state index in [9.17, 15) is 13.6 Å². The second kappa shape index (κ2) is 6.39. The van der Waals surface area contributed by atoms with Crippen molar-refractivity contribution in [2.45, 2.75) is 18.2 Å². The summed E-state index contributed by atoms with van der Waals surface area (Å²) in [7, 11) is 1.20. The van der Waals surface area contributed by atoms with Crippen LogP contribution in [0.3, 0.4) is 0 Å². The highest BCUT2D eigenvalue weighted by Gasteiger charge is 2.19. The molecule has 0 amide bonds. The van der Waals surface area contributed by atoms with Gasteiger partial charge in [0.2, 0.25) is 0 Å². The van der Waals surface area contributed by atoms with E-state index < -0.39 is 12.4 Å². The first-order valence-corrected chi connectivity index (χ1v) is 6.50. The molecule has 0 aliphatic rings. The monoisotopic (exact) mass is 371 g/mol. The van der Waals surface area contributed by atoms with Gasteiger partial charge in [-0.2, -0.15) is 0 Å². The van der Waals surface area contributed by atoms with E-state index in [-0.39, 0.29) is 17.7 Å². The fourth-order valence-corrected chi connectivity index (χ4v) is 2.49. The summed E-state index contributed by atoms with van der Waals surface area (Å²) >= 11 is 6.34. The third kappa shape index (κ3) is 3.70. The van der Waals surface area contributed by atoms with Gasteiger partial charge in [0, 0.05) is 10.9 Å². The zero-order chi connectivity index (χ0) is 13.0. The standard InChI is InChI=1S/C10H9Br2F2NO2/c1-17-8(16)3-7-6(10(13)14)2-5(4-11)9(12)15-7/h2,10H,3-4H2,1H3. The maximum atomic E-state index is 12.8. The van der Waals surface area contributed by atoms with Crippen LogP contribution in [0.4, 0.5) is 8.78 Å². The highest BCUT2D eigenvalue weighted by molar-refractivity contribution is 9.10. The maximum Gasteiger partial charge on any atom is 0.311 e. The van der Waals surface area contributed by atoms with Crippen LogP contribution in [-0.4, -0.2) is 18.1 Å². The van der Waals surface area contributed by atoms with E-state index in [1.54, 1.807) is 0 Å². The van der Waals surface area contributed by atoms with E-state index in [1.807, 2.05) is 0 Å². The molecule has 94 valence electrons. The Kier molecular flexibility index (Phi) is 5.45. The molecule has 0 aliphatic heterocycles. The SMILES string of the molecule is COC(=O)Cc1nc(Br)c(CBr)cc1C(F)F. The summed E-state index contributed by atoms with van der Waals surface area (Å²) in [6.45, 7) is 0. The molecule has 1 heterocycles. The smallest absolute Gasteiger partial charge is 0.311 e. The number of carbonyl (C=O) groups is 1. The predicted octanol–water partition coefficient (Wildman–Crippen LogP) is 3.39. The van der Waals surface area contributed by atoms with Crippen LogP contribution in [0.15, 0.2) is 10.7 Å². The molecular weight excluding hydrogens is 364 g/mol. The lowest BCUT2D eigenvalue weighted by Gasteiger charge is -2.10. The van der Waals surface area contributed by atoms with Gasteiger partial charge in [0.05, 0.1) is 19.2 Å². The van der Waals surface area contributed by atoms with Crippen molar-refractivity contribution in [3.8, 4) is 0 Å². The first kappa shape index (κ1) is 14.5. The average Bonchev–Trinajstić information content (AvgIpc) is 2.28. The van der Waals surface area contributed by atoms with E-state index in [2.05, 4.69) is 41.6 Å². The lowest BCUT2D eigenvalue weighted by Crippen LogP contribution is -2.10. The van der Waals surface area contributed by atoms with Crippen LogP contribution >= 0.6 is 31.9 Å². The van der Waals surface area contributed by atoms with Gasteiger partial charge in [-0.3, -0.25) is 4.79 Å². The van der Waals surface area contributed by atoms with Crippen LogP contribution in [0.2, 0.25) is 0 Å². The lowest BCUT2D eigenvalue weighted by molar-refractivity contribution is -0.139. The number of esters is 1. The summed E-state index contributed by atoms with van der Waals surface area (Å²) in [4.78, 5) is 15.0. The van der Waals surface area contributed by atoms with Gasteiger partial charge < -0.3 is 4.74 Å². The molecule has 3 nitrogen and oxygen atoms in total. The van der Waals surface area contributed by atoms with E-state index in [1.165, 1.54) is 13.2 Å². The second-order valence-corrected chi connectivity index (χ2v) is 4.47. The molecule has 0 spiro atoms. The fourth-order valence-electron chi connectivity index (χ4n) is 1.22. The summed E-state index contributed by atoms with van der Waals surface area (Å²) in [6, 6.07) is 1.33. The minimum Gasteiger partial charge on any atom is -0.469 e. The predicted molar refractivity (Wildman–Crippen MR) is 65.2 cm³/mol. The van der Waals surface area contributed by atoms with Crippen LogP contribution in [0, 0.1) is 0 Å². The number of hydrogen-bond donors (Lipinski definition) is 0. The van der Waals surface area contributed by atoms with Crippen LogP contribution in [0.5, 0.6) is 0 Å². The number of pyridine rings is 1. The number of nitrogens with zero attached hydrogens (tertiary/aromatic N) is 1. The molecule has 0 atom stereocenters. The number of alkyl halides is 3. The highest BCUT2D eigenvalue weighted by atomic mass is 79.9. The summed E-state index contributed by atoms with van der Waals surface area (Å²) in [5.74, 6) is -0.599. The minimum atomic E-state index is -2.67. The number of methoxy groups -OCH3 is 1. The lowest BCUT2D eigenvalue weighted by atomic mass is 10.1. The van der Waals surface area contributed by atoms with Gasteiger partial charge in [-0.05, 0) is 27.6 Å². The first-order valence-electron chi connectivity index (χ1n) is 4.58. The molecule has 1 rings (SSSR count). The molecule has 7 heteroatoms. The highest BCUT2D eigenvalue weighted by Crippen LogP contribution is 2.28. The van der Waals surface area contributed by atoms with Crippen LogP contribution in [0.25, 0.3) is 0 Å². The Balaban J connectivity index is 3.18. The molecule has 17 heavy (non-hydrogen) atoms. The summed E-state index contributed by atoms with van der Waals surface area (Å²) in [5, 5.41) is 0.402. The number of rotatable bonds is 4. The van der Waals surface area contributed by atoms with Gasteiger partial charge in [0.25, 0.3) is 6.43 Å². The third-order valence-corrected chi connectivity index (χ3v) is 3.37. The third-order valence-electron chi connectivity index (χ3n) is 2.08. The van der Waals surface area contributed by atoms with Gasteiger partial charge in [0.15, 0.2) is 0 Å². The van der Waals surface area contributed by atoms with E-state index >= 15 is 0 Å². The van der Waals surface area contributed by atoms with Crippen LogP contribution in [-0.2, 0) is 21.3 Å². The van der Waals surface area contributed by atoms with Crippen molar-refractivity contribution in [3.05, 3.63) is 27.5 Å². The maximum absolute atomic E-state index is 12.8. The van der Waals surface area contributed by atoms with Crippen molar-refractivity contribution in [2.75, 3.05) is 7.11 Å². The zero-order valence-electron chi connectivity index (χ0n) is 8.84. The normalized spacial score (nSPS) is 10.7. The molecular formula is C10H9Br2F2NO2. The molecule has 0 radical (unpaired) electrons. The molecule has 0 aromatic carbocycles. The summed E-state index contributed by atoms with van der Waals surface area (Å²) in [6.07, 6.45) is -2.94. The van der Waals surface area contributed by atoms with Gasteiger partial charge in [0.1, 0.15) is 4.60 Å². The summed E-state index contributed by atoms with van der Waals surface area (Å²) in [5.41, 5.74) is 0.394. The Labute approximate surface area is 114 Å². The number of aromatic nitrogens is 1. The fraction of sp³-hybridized carbons (Fsp3) is 0.400. The molecule has 0 saturated heterocycles. The minimum absolute atomic E-state index is 0.0309. The Morgan fingerprint density at radius 1 is 1.59 bits per heavy atom. The van der Waals surface area contributed by atoms with Gasteiger partial charge in [-0.25, -0.2) is 13.8 Å². The zero-order valence-corrected chi connectivity index (χ0v) is 12.0. The van der Waals surface area contributed by atoms with Crippen molar-refractivity contribution >= 4 is 37.8 Å². The van der Waals surface area contributed by atoms with E-state index in [4.69, 9.17) is 0 Å². The van der Waals surface area contributed by atoms with Gasteiger partial charge in [-0.1, -0.05) is 15.9 Å². The first-order chi connectivity index (χ1) is 7.99. The molecule has 0 unspecified atom stereocenters. The quantitative estimate of drug-likeness (QED) is 0.462. The Bertz CT molecular complexity index is 427. The number of ether oxygens (including phenoxy) is 1. The van der Waals surface area contributed by atoms with Crippen molar-refractivity contribution in [2.24, 2.45) is 0 Å². The van der Waals surface area contributed by atoms with Crippen molar-refractivity contribution in [3.63, 3.8) is 0 Å². The molecule has 0 fully saturated rings. The van der Waals surface area contributed by atoms with Crippen LogP contribution in [0.1, 0.15) is 23.2 Å². The topological polar surface area (TPSA) is 39.2 Å². The van der Waals surface area contributed by atoms with Crippen molar-refractivity contribution in [1.29, 1.82) is 0 Å². The molecule has 0 bridgehead atoms. The van der Waals surface area contributed by atoms with Crippen molar-refractivity contribution in [1.82, 2.24) is 4.98 Å². The average molecular weight is 373 g/mol. The van der Waals surface area contributed by atoms with Crippen LogP contribution < -0.4 is 0 Å². The molecule has 0 saturated carbocycles. The van der Waals surface area contributed by atoms with Gasteiger partial charge >= 0.3 is 5.97 Å². The van der Waals surface area contributed by atoms with Gasteiger partial charge in [-0.15, -0.1) is 0 Å². The largest absolute Gasteiger partial charge is 0.469 e. The number of halogens is 4. The molecule has 0 N–H and O–H groups in total. The Morgan fingerprint density at radius 2 is 2.24 bits per heavy atom. The number of hydrogen-bond acceptors (Lipinski definition) is 3. The summed E-state index contributed by atoms with van der Waals surface area (Å²) < 4.78 is 30.5. The van der Waals surface area contributed by atoms with E-state index in [0.717, 1.165) is 0 Å². The Hall–Kier alpha value is -0.560. The van der Waals surface area contributed by atoms with E-state index in [0.29, 0.717) is 15.5 Å². The molecule has 1 aromatic heterocycles. The Morgan fingerprint density at radius 3 is 2.71 bits per heavy atom. The van der Waals surface area contributed by atoms with Crippen molar-refractivity contribution < 1.29 is 18.3 Å². The number of carbonyl (C=O) groups excluding carboxylic acids is 1.